The maximum absolute atomic E-state index is 13.3. The van der Waals surface area contributed by atoms with Gasteiger partial charge in [0.25, 0.3) is 0 Å². The molecule has 1 unspecified atom stereocenters. The highest BCUT2D eigenvalue weighted by atomic mass is 35.5. The number of morpholine rings is 1. The highest BCUT2D eigenvalue weighted by Gasteiger charge is 2.26. The lowest BCUT2D eigenvalue weighted by Crippen LogP contribution is -2.41. The fourth-order valence-electron chi connectivity index (χ4n) is 4.49. The smallest absolute Gasteiger partial charge is 0.223 e. The third kappa shape index (κ3) is 5.11. The molecule has 1 saturated heterocycles. The molecule has 0 radical (unpaired) electrons. The number of rotatable bonds is 7. The summed E-state index contributed by atoms with van der Waals surface area (Å²) in [5.41, 5.74) is 4.20. The first-order valence-electron chi connectivity index (χ1n) is 11.6. The van der Waals surface area contributed by atoms with Crippen molar-refractivity contribution in [3.8, 4) is 5.75 Å². The van der Waals surface area contributed by atoms with E-state index in [9.17, 15) is 4.79 Å². The number of aromatic nitrogens is 1. The Balaban J connectivity index is 1.46. The van der Waals surface area contributed by atoms with E-state index in [-0.39, 0.29) is 11.8 Å². The van der Waals surface area contributed by atoms with E-state index in [1.165, 1.54) is 0 Å². The van der Waals surface area contributed by atoms with E-state index < -0.39 is 0 Å². The molecule has 1 aromatic heterocycles. The molecule has 5 rings (SSSR count). The summed E-state index contributed by atoms with van der Waals surface area (Å²) in [6, 6.07) is 24.0. The van der Waals surface area contributed by atoms with Crippen LogP contribution in [0.25, 0.3) is 10.9 Å². The summed E-state index contributed by atoms with van der Waals surface area (Å²) in [7, 11) is 0. The van der Waals surface area contributed by atoms with Gasteiger partial charge in [-0.3, -0.25) is 4.79 Å². The number of aromatic amines is 1. The topological polar surface area (TPSA) is 54.6 Å². The number of hydrogen-bond donors (Lipinski definition) is 1. The Bertz CT molecular complexity index is 1270. The summed E-state index contributed by atoms with van der Waals surface area (Å²) >= 11 is 6.33. The summed E-state index contributed by atoms with van der Waals surface area (Å²) in [5.74, 6) is 0.770. The number of benzene rings is 3. The summed E-state index contributed by atoms with van der Waals surface area (Å²) in [6.07, 6.45) is 2.36. The van der Waals surface area contributed by atoms with E-state index in [1.807, 2.05) is 77.8 Å². The van der Waals surface area contributed by atoms with Gasteiger partial charge in [-0.25, -0.2) is 0 Å². The Morgan fingerprint density at radius 3 is 2.68 bits per heavy atom. The number of hydrogen-bond acceptors (Lipinski definition) is 3. The molecule has 1 aliphatic rings. The maximum atomic E-state index is 13.3. The molecule has 174 valence electrons. The van der Waals surface area contributed by atoms with Gasteiger partial charge in [0.1, 0.15) is 12.4 Å². The maximum Gasteiger partial charge on any atom is 0.223 e. The molecule has 3 aromatic carbocycles. The van der Waals surface area contributed by atoms with Crippen LogP contribution in [0.4, 0.5) is 0 Å². The molecule has 34 heavy (non-hydrogen) atoms. The van der Waals surface area contributed by atoms with Gasteiger partial charge in [0.15, 0.2) is 0 Å². The first-order valence-corrected chi connectivity index (χ1v) is 11.9. The first-order chi connectivity index (χ1) is 16.7. The third-order valence-electron chi connectivity index (χ3n) is 6.30. The van der Waals surface area contributed by atoms with E-state index in [4.69, 9.17) is 21.1 Å². The molecule has 1 N–H and O–H groups in total. The van der Waals surface area contributed by atoms with Crippen LogP contribution in [0.3, 0.4) is 0 Å². The average molecular weight is 475 g/mol. The van der Waals surface area contributed by atoms with Crippen LogP contribution in [0.2, 0.25) is 5.02 Å². The monoisotopic (exact) mass is 474 g/mol. The molecule has 4 aromatic rings. The molecule has 0 aliphatic carbocycles. The van der Waals surface area contributed by atoms with Crippen molar-refractivity contribution < 1.29 is 14.3 Å². The number of H-pyrrole nitrogens is 1. The second kappa shape index (κ2) is 10.3. The van der Waals surface area contributed by atoms with Crippen molar-refractivity contribution >= 4 is 28.4 Å². The number of amides is 1. The van der Waals surface area contributed by atoms with Gasteiger partial charge in [0.2, 0.25) is 5.91 Å². The normalized spacial score (nSPS) is 14.8. The molecular weight excluding hydrogens is 448 g/mol. The summed E-state index contributed by atoms with van der Waals surface area (Å²) < 4.78 is 11.5. The van der Waals surface area contributed by atoms with Crippen LogP contribution in [0.5, 0.6) is 5.75 Å². The highest BCUT2D eigenvalue weighted by molar-refractivity contribution is 6.31. The largest absolute Gasteiger partial charge is 0.489 e. The van der Waals surface area contributed by atoms with Crippen LogP contribution in [0.1, 0.15) is 29.0 Å². The van der Waals surface area contributed by atoms with E-state index in [1.54, 1.807) is 0 Å². The molecule has 1 aliphatic heterocycles. The minimum absolute atomic E-state index is 0.125. The molecule has 6 heteroatoms. The van der Waals surface area contributed by atoms with Gasteiger partial charge < -0.3 is 19.4 Å². The van der Waals surface area contributed by atoms with Crippen molar-refractivity contribution in [1.82, 2.24) is 9.88 Å². The van der Waals surface area contributed by atoms with Crippen LogP contribution in [0, 0.1) is 0 Å². The zero-order valence-corrected chi connectivity index (χ0v) is 19.6. The Morgan fingerprint density at radius 2 is 1.85 bits per heavy atom. The van der Waals surface area contributed by atoms with Crippen molar-refractivity contribution in [1.29, 1.82) is 0 Å². The van der Waals surface area contributed by atoms with Gasteiger partial charge in [-0.2, -0.15) is 0 Å². The molecular formula is C28H27ClN2O3. The lowest BCUT2D eigenvalue weighted by Gasteiger charge is -2.29. The molecule has 0 saturated carbocycles. The zero-order chi connectivity index (χ0) is 23.3. The van der Waals surface area contributed by atoms with Crippen LogP contribution in [-0.4, -0.2) is 42.1 Å². The predicted octanol–water partition coefficient (Wildman–Crippen LogP) is 5.78. The van der Waals surface area contributed by atoms with Crippen molar-refractivity contribution in [2.45, 2.75) is 18.9 Å². The third-order valence-corrected chi connectivity index (χ3v) is 6.54. The van der Waals surface area contributed by atoms with Crippen LogP contribution < -0.4 is 4.74 Å². The fourth-order valence-corrected chi connectivity index (χ4v) is 4.66. The summed E-state index contributed by atoms with van der Waals surface area (Å²) in [5, 5.41) is 1.70. The van der Waals surface area contributed by atoms with Crippen molar-refractivity contribution in [3.05, 3.63) is 101 Å². The van der Waals surface area contributed by atoms with Gasteiger partial charge in [-0.05, 0) is 47.0 Å². The van der Waals surface area contributed by atoms with E-state index >= 15 is 0 Å². The van der Waals surface area contributed by atoms with Crippen molar-refractivity contribution in [2.75, 3.05) is 26.3 Å². The van der Waals surface area contributed by atoms with Crippen LogP contribution in [0.15, 0.2) is 79.0 Å². The number of carbonyl (C=O) groups excluding carboxylic acids is 1. The second-order valence-electron chi connectivity index (χ2n) is 8.53. The van der Waals surface area contributed by atoms with Gasteiger partial charge >= 0.3 is 0 Å². The lowest BCUT2D eigenvalue weighted by atomic mass is 9.87. The molecule has 1 amide bonds. The van der Waals surface area contributed by atoms with Gasteiger partial charge in [-0.15, -0.1) is 0 Å². The predicted molar refractivity (Wildman–Crippen MR) is 134 cm³/mol. The Kier molecular flexibility index (Phi) is 6.84. The molecule has 1 atom stereocenters. The molecule has 0 spiro atoms. The highest BCUT2D eigenvalue weighted by Crippen LogP contribution is 2.36. The Labute approximate surface area is 204 Å². The molecule has 1 fully saturated rings. The Hall–Kier alpha value is -3.28. The standard InChI is InChI=1S/C28H27ClN2O3/c29-22-9-10-27-25(16-22)26(18-30-27)24(17-28(32)31-11-13-33-14-12-31)21-7-4-8-23(15-21)34-19-20-5-2-1-3-6-20/h1-10,15-16,18,24,30H,11-14,17,19H2. The Morgan fingerprint density at radius 1 is 1.03 bits per heavy atom. The SMILES string of the molecule is O=C(CC(c1cccc(OCc2ccccc2)c1)c1c[nH]c2ccc(Cl)cc12)N1CCOCC1. The van der Waals surface area contributed by atoms with Crippen LogP contribution in [-0.2, 0) is 16.1 Å². The van der Waals surface area contributed by atoms with Crippen molar-refractivity contribution in [3.63, 3.8) is 0 Å². The quantitative estimate of drug-likeness (QED) is 0.369. The van der Waals surface area contributed by atoms with Gasteiger partial charge in [-0.1, -0.05) is 54.1 Å². The number of carbonyl (C=O) groups is 1. The van der Waals surface area contributed by atoms with E-state index in [2.05, 4.69) is 11.1 Å². The minimum Gasteiger partial charge on any atom is -0.489 e. The molecule has 0 bridgehead atoms. The van der Waals surface area contributed by atoms with Crippen LogP contribution >= 0.6 is 11.6 Å². The number of halogens is 1. The van der Waals surface area contributed by atoms with Gasteiger partial charge in [0, 0.05) is 47.6 Å². The number of fused-ring (bicyclic) bond motifs is 1. The first kappa shape index (κ1) is 22.5. The second-order valence-corrected chi connectivity index (χ2v) is 8.97. The average Bonchev–Trinajstić information content (AvgIpc) is 3.30. The molecule has 2 heterocycles. The van der Waals surface area contributed by atoms with E-state index in [0.29, 0.717) is 44.4 Å². The number of nitrogens with zero attached hydrogens (tertiary/aromatic N) is 1. The lowest BCUT2D eigenvalue weighted by molar-refractivity contribution is -0.135. The summed E-state index contributed by atoms with van der Waals surface area (Å²) in [6.45, 7) is 2.92. The zero-order valence-electron chi connectivity index (χ0n) is 18.9. The number of nitrogens with one attached hydrogen (secondary N) is 1. The molecule has 5 nitrogen and oxygen atoms in total. The minimum atomic E-state index is -0.136. The van der Waals surface area contributed by atoms with E-state index in [0.717, 1.165) is 33.3 Å². The summed E-state index contributed by atoms with van der Waals surface area (Å²) in [4.78, 5) is 18.5. The van der Waals surface area contributed by atoms with Gasteiger partial charge in [0.05, 0.1) is 13.2 Å². The van der Waals surface area contributed by atoms with Crippen molar-refractivity contribution in [2.24, 2.45) is 0 Å². The fraction of sp³-hybridized carbons (Fsp3) is 0.250. The number of ether oxygens (including phenoxy) is 2.